The van der Waals surface area contributed by atoms with Gasteiger partial charge in [-0.25, -0.2) is 0 Å². The average Bonchev–Trinajstić information content (AvgIpc) is 1.84. The Bertz CT molecular complexity index is 85.3. The van der Waals surface area contributed by atoms with Crippen LogP contribution in [0.1, 0.15) is 33.6 Å². The summed E-state index contributed by atoms with van der Waals surface area (Å²) in [6.45, 7) is 7.17. The van der Waals surface area contributed by atoms with E-state index in [1.807, 2.05) is 0 Å². The lowest BCUT2D eigenvalue weighted by Gasteiger charge is -2.34. The van der Waals surface area contributed by atoms with Crippen molar-refractivity contribution in [2.75, 3.05) is 0 Å². The van der Waals surface area contributed by atoms with Crippen molar-refractivity contribution in [2.45, 2.75) is 37.5 Å². The van der Waals surface area contributed by atoms with Crippen LogP contribution in [0.15, 0.2) is 0 Å². The molecule has 0 radical (unpaired) electrons. The Kier molecular flexibility index (Phi) is 3.02. The van der Waals surface area contributed by atoms with Crippen molar-refractivity contribution >= 4 is 22.6 Å². The van der Waals surface area contributed by atoms with Crippen molar-refractivity contribution in [3.63, 3.8) is 0 Å². The first-order chi connectivity index (χ1) is 4.61. The van der Waals surface area contributed by atoms with E-state index in [1.54, 1.807) is 0 Å². The second-order valence-corrected chi connectivity index (χ2v) is 5.52. The summed E-state index contributed by atoms with van der Waals surface area (Å²) < 4.78 is 0.934. The molecule has 1 fully saturated rings. The highest BCUT2D eigenvalue weighted by molar-refractivity contribution is 14.1. The maximum atomic E-state index is 2.61. The summed E-state index contributed by atoms with van der Waals surface area (Å²) in [7, 11) is 0. The molecule has 4 unspecified atom stereocenters. The molecule has 0 amide bonds. The van der Waals surface area contributed by atoms with E-state index < -0.39 is 0 Å². The first kappa shape index (κ1) is 8.82. The van der Waals surface area contributed by atoms with E-state index in [-0.39, 0.29) is 0 Å². The van der Waals surface area contributed by atoms with Gasteiger partial charge in [0.25, 0.3) is 0 Å². The predicted octanol–water partition coefficient (Wildman–Crippen LogP) is 3.49. The minimum atomic E-state index is 0.934. The van der Waals surface area contributed by atoms with E-state index in [2.05, 4.69) is 43.4 Å². The van der Waals surface area contributed by atoms with Gasteiger partial charge in [-0.2, -0.15) is 0 Å². The third kappa shape index (κ3) is 1.86. The molecule has 0 saturated heterocycles. The molecule has 1 aliphatic carbocycles. The van der Waals surface area contributed by atoms with Crippen molar-refractivity contribution < 1.29 is 0 Å². The SMILES string of the molecule is CC1CC(C)C(I)CC1C. The van der Waals surface area contributed by atoms with Gasteiger partial charge in [0.05, 0.1) is 0 Å². The molecule has 0 aromatic heterocycles. The average molecular weight is 252 g/mol. The van der Waals surface area contributed by atoms with Crippen LogP contribution in [0.25, 0.3) is 0 Å². The topological polar surface area (TPSA) is 0 Å². The quantitative estimate of drug-likeness (QED) is 0.457. The van der Waals surface area contributed by atoms with Crippen LogP contribution < -0.4 is 0 Å². The third-order valence-corrected chi connectivity index (χ3v) is 4.67. The lowest BCUT2D eigenvalue weighted by Crippen LogP contribution is -2.27. The van der Waals surface area contributed by atoms with Crippen LogP contribution in [-0.2, 0) is 0 Å². The highest BCUT2D eigenvalue weighted by atomic mass is 127. The fourth-order valence-corrected chi connectivity index (χ4v) is 2.88. The molecular formula is C9H17I. The molecule has 0 aromatic rings. The predicted molar refractivity (Wildman–Crippen MR) is 54.5 cm³/mol. The maximum absolute atomic E-state index is 2.61. The van der Waals surface area contributed by atoms with Gasteiger partial charge in [-0.1, -0.05) is 43.4 Å². The Labute approximate surface area is 77.9 Å². The van der Waals surface area contributed by atoms with Crippen LogP contribution >= 0.6 is 22.6 Å². The van der Waals surface area contributed by atoms with Crippen molar-refractivity contribution in [1.29, 1.82) is 0 Å². The molecule has 0 heterocycles. The molecule has 0 spiro atoms. The van der Waals surface area contributed by atoms with Crippen molar-refractivity contribution in [3.8, 4) is 0 Å². The summed E-state index contributed by atoms with van der Waals surface area (Å²) in [5, 5.41) is 0. The molecule has 0 aliphatic heterocycles. The molecule has 10 heavy (non-hydrogen) atoms. The molecule has 0 N–H and O–H groups in total. The Morgan fingerprint density at radius 1 is 0.900 bits per heavy atom. The van der Waals surface area contributed by atoms with Gasteiger partial charge in [0, 0.05) is 3.92 Å². The van der Waals surface area contributed by atoms with E-state index in [4.69, 9.17) is 0 Å². The molecule has 4 atom stereocenters. The molecule has 0 bridgehead atoms. The van der Waals surface area contributed by atoms with Gasteiger partial charge in [-0.05, 0) is 30.6 Å². The highest BCUT2D eigenvalue weighted by Crippen LogP contribution is 2.37. The molecule has 60 valence electrons. The number of halogens is 1. The molecule has 1 saturated carbocycles. The fourth-order valence-electron chi connectivity index (χ4n) is 1.79. The summed E-state index contributed by atoms with van der Waals surface area (Å²) >= 11 is 2.61. The lowest BCUT2D eigenvalue weighted by atomic mass is 9.77. The zero-order chi connectivity index (χ0) is 7.72. The van der Waals surface area contributed by atoms with E-state index >= 15 is 0 Å². The summed E-state index contributed by atoms with van der Waals surface area (Å²) in [6.07, 6.45) is 2.87. The van der Waals surface area contributed by atoms with Crippen LogP contribution in [0, 0.1) is 17.8 Å². The van der Waals surface area contributed by atoms with Gasteiger partial charge in [-0.15, -0.1) is 0 Å². The lowest BCUT2D eigenvalue weighted by molar-refractivity contribution is 0.234. The summed E-state index contributed by atoms with van der Waals surface area (Å²) in [6, 6.07) is 0. The third-order valence-electron chi connectivity index (χ3n) is 2.93. The Hall–Kier alpha value is 0.730. The zero-order valence-corrected chi connectivity index (χ0v) is 9.26. The standard InChI is InChI=1S/C9H17I/c1-6-4-8(3)9(10)5-7(6)2/h6-9H,4-5H2,1-3H3. The first-order valence-corrected chi connectivity index (χ1v) is 5.50. The van der Waals surface area contributed by atoms with Crippen LogP contribution in [0.5, 0.6) is 0 Å². The van der Waals surface area contributed by atoms with Crippen LogP contribution in [-0.4, -0.2) is 3.92 Å². The van der Waals surface area contributed by atoms with Crippen molar-refractivity contribution in [1.82, 2.24) is 0 Å². The van der Waals surface area contributed by atoms with E-state index in [1.165, 1.54) is 12.8 Å². The fraction of sp³-hybridized carbons (Fsp3) is 1.00. The largest absolute Gasteiger partial charge is 0.0823 e. The van der Waals surface area contributed by atoms with Gasteiger partial charge in [0.15, 0.2) is 0 Å². The normalized spacial score (nSPS) is 49.2. The first-order valence-electron chi connectivity index (χ1n) is 4.25. The minimum absolute atomic E-state index is 0.934. The van der Waals surface area contributed by atoms with Gasteiger partial charge >= 0.3 is 0 Å². The highest BCUT2D eigenvalue weighted by Gasteiger charge is 2.27. The smallest absolute Gasteiger partial charge is 0.0138 e. The van der Waals surface area contributed by atoms with E-state index in [0.29, 0.717) is 0 Å². The second kappa shape index (κ2) is 3.42. The van der Waals surface area contributed by atoms with Crippen molar-refractivity contribution in [3.05, 3.63) is 0 Å². The molecular weight excluding hydrogens is 235 g/mol. The minimum Gasteiger partial charge on any atom is -0.0823 e. The number of alkyl halides is 1. The van der Waals surface area contributed by atoms with E-state index in [9.17, 15) is 0 Å². The molecule has 0 aromatic carbocycles. The molecule has 1 rings (SSSR count). The molecule has 1 heteroatoms. The van der Waals surface area contributed by atoms with Gasteiger partial charge in [0.2, 0.25) is 0 Å². The summed E-state index contributed by atoms with van der Waals surface area (Å²) in [5.41, 5.74) is 0. The Balaban J connectivity index is 2.46. The van der Waals surface area contributed by atoms with Crippen LogP contribution in [0.4, 0.5) is 0 Å². The number of hydrogen-bond acceptors (Lipinski definition) is 0. The maximum Gasteiger partial charge on any atom is 0.0138 e. The Morgan fingerprint density at radius 2 is 1.40 bits per heavy atom. The van der Waals surface area contributed by atoms with Crippen LogP contribution in [0.3, 0.4) is 0 Å². The second-order valence-electron chi connectivity index (χ2n) is 3.92. The van der Waals surface area contributed by atoms with E-state index in [0.717, 1.165) is 21.7 Å². The Morgan fingerprint density at radius 3 is 1.90 bits per heavy atom. The van der Waals surface area contributed by atoms with Crippen molar-refractivity contribution in [2.24, 2.45) is 17.8 Å². The van der Waals surface area contributed by atoms with Crippen LogP contribution in [0.2, 0.25) is 0 Å². The van der Waals surface area contributed by atoms with Gasteiger partial charge in [0.1, 0.15) is 0 Å². The number of hydrogen-bond donors (Lipinski definition) is 0. The molecule has 1 aliphatic rings. The van der Waals surface area contributed by atoms with Gasteiger partial charge in [-0.3, -0.25) is 0 Å². The monoisotopic (exact) mass is 252 g/mol. The number of rotatable bonds is 0. The summed E-state index contributed by atoms with van der Waals surface area (Å²) in [4.78, 5) is 0. The summed E-state index contributed by atoms with van der Waals surface area (Å²) in [5.74, 6) is 2.87. The van der Waals surface area contributed by atoms with Gasteiger partial charge < -0.3 is 0 Å². The zero-order valence-electron chi connectivity index (χ0n) is 7.10. The molecule has 0 nitrogen and oxygen atoms in total.